The van der Waals surface area contributed by atoms with Crippen LogP contribution in [0.1, 0.15) is 4.88 Å². The lowest BCUT2D eigenvalue weighted by Gasteiger charge is -1.96. The molecule has 4 nitrogen and oxygen atoms in total. The van der Waals surface area contributed by atoms with Gasteiger partial charge in [-0.05, 0) is 6.92 Å². The molecule has 1 heterocycles. The van der Waals surface area contributed by atoms with Gasteiger partial charge in [-0.3, -0.25) is 0 Å². The molecule has 0 fully saturated rings. The average molecular weight is 232 g/mol. The second kappa shape index (κ2) is 4.32. The third kappa shape index (κ3) is 2.20. The van der Waals surface area contributed by atoms with Crippen LogP contribution in [0.3, 0.4) is 0 Å². The van der Waals surface area contributed by atoms with E-state index >= 15 is 0 Å². The Labute approximate surface area is 97.7 Å². The number of aliphatic imine (C=N–C) groups is 1. The molecule has 0 bridgehead atoms. The number of nitrogens with zero attached hydrogens (tertiary/aromatic N) is 2. The van der Waals surface area contributed by atoms with Crippen molar-refractivity contribution in [2.45, 2.75) is 6.92 Å². The van der Waals surface area contributed by atoms with Gasteiger partial charge in [-0.25, -0.2) is 4.98 Å². The minimum absolute atomic E-state index is 0.0355. The summed E-state index contributed by atoms with van der Waals surface area (Å²) in [5.41, 5.74) is 12.6. The van der Waals surface area contributed by atoms with Crippen LogP contribution in [0.4, 0.5) is 5.13 Å². The number of benzene rings is 1. The molecule has 1 aromatic carbocycles. The van der Waals surface area contributed by atoms with Crippen LogP contribution in [0.25, 0.3) is 11.3 Å². The van der Waals surface area contributed by atoms with Gasteiger partial charge in [-0.2, -0.15) is 4.99 Å². The summed E-state index contributed by atoms with van der Waals surface area (Å²) in [6.07, 6.45) is 0. The summed E-state index contributed by atoms with van der Waals surface area (Å²) >= 11 is 1.48. The summed E-state index contributed by atoms with van der Waals surface area (Å²) in [6.45, 7) is 2.01. The van der Waals surface area contributed by atoms with E-state index in [9.17, 15) is 0 Å². The van der Waals surface area contributed by atoms with E-state index in [2.05, 4.69) is 9.98 Å². The average Bonchev–Trinajstić information content (AvgIpc) is 2.60. The van der Waals surface area contributed by atoms with E-state index in [1.165, 1.54) is 11.3 Å². The van der Waals surface area contributed by atoms with Crippen molar-refractivity contribution in [3.05, 3.63) is 35.2 Å². The molecule has 0 atom stereocenters. The number of nitrogens with two attached hydrogens (primary N) is 2. The summed E-state index contributed by atoms with van der Waals surface area (Å²) in [4.78, 5) is 9.44. The van der Waals surface area contributed by atoms with Crippen molar-refractivity contribution in [1.29, 1.82) is 0 Å². The molecule has 0 saturated carbocycles. The fourth-order valence-electron chi connectivity index (χ4n) is 1.40. The van der Waals surface area contributed by atoms with E-state index in [1.807, 2.05) is 37.3 Å². The van der Waals surface area contributed by atoms with E-state index in [0.717, 1.165) is 16.1 Å². The van der Waals surface area contributed by atoms with Crippen molar-refractivity contribution in [3.8, 4) is 11.3 Å². The third-order valence-electron chi connectivity index (χ3n) is 2.06. The number of guanidine groups is 1. The predicted octanol–water partition coefficient (Wildman–Crippen LogP) is 2.02. The molecule has 0 spiro atoms. The molecule has 0 amide bonds. The standard InChI is InChI=1S/C11H12N4S/c1-7-9(8-5-3-2-4-6-8)14-11(16-7)15-10(12)13/h2-6H,1H3,(H4,12,13,14,15). The Morgan fingerprint density at radius 3 is 2.56 bits per heavy atom. The van der Waals surface area contributed by atoms with Crippen LogP contribution in [-0.2, 0) is 0 Å². The monoisotopic (exact) mass is 232 g/mol. The lowest BCUT2D eigenvalue weighted by molar-refractivity contribution is 1.31. The Bertz CT molecular complexity index is 512. The van der Waals surface area contributed by atoms with Crippen molar-refractivity contribution in [2.24, 2.45) is 16.5 Å². The van der Waals surface area contributed by atoms with E-state index in [-0.39, 0.29) is 5.96 Å². The van der Waals surface area contributed by atoms with Crippen molar-refractivity contribution in [1.82, 2.24) is 4.98 Å². The van der Waals surface area contributed by atoms with E-state index in [0.29, 0.717) is 5.13 Å². The van der Waals surface area contributed by atoms with Crippen LogP contribution in [0.2, 0.25) is 0 Å². The maximum Gasteiger partial charge on any atom is 0.213 e. The zero-order valence-electron chi connectivity index (χ0n) is 8.84. The second-order valence-electron chi connectivity index (χ2n) is 3.30. The number of thiazole rings is 1. The van der Waals surface area contributed by atoms with Gasteiger partial charge in [0.15, 0.2) is 5.96 Å². The zero-order chi connectivity index (χ0) is 11.5. The summed E-state index contributed by atoms with van der Waals surface area (Å²) in [5, 5.41) is 0.594. The van der Waals surface area contributed by atoms with Crippen molar-refractivity contribution >= 4 is 22.4 Å². The molecule has 16 heavy (non-hydrogen) atoms. The molecule has 0 radical (unpaired) electrons. The van der Waals surface area contributed by atoms with Gasteiger partial charge < -0.3 is 11.5 Å². The van der Waals surface area contributed by atoms with Gasteiger partial charge in [0.25, 0.3) is 0 Å². The second-order valence-corrected chi connectivity index (χ2v) is 4.49. The summed E-state index contributed by atoms with van der Waals surface area (Å²) in [7, 11) is 0. The molecule has 0 saturated heterocycles. The van der Waals surface area contributed by atoms with Crippen LogP contribution in [0.15, 0.2) is 35.3 Å². The molecular formula is C11H12N4S. The van der Waals surface area contributed by atoms with Crippen LogP contribution in [-0.4, -0.2) is 10.9 Å². The highest BCUT2D eigenvalue weighted by atomic mass is 32.1. The van der Waals surface area contributed by atoms with E-state index in [1.54, 1.807) is 0 Å². The highest BCUT2D eigenvalue weighted by Crippen LogP contribution is 2.31. The molecule has 0 unspecified atom stereocenters. The molecule has 0 aliphatic heterocycles. The van der Waals surface area contributed by atoms with Crippen molar-refractivity contribution in [2.75, 3.05) is 0 Å². The minimum atomic E-state index is 0.0355. The number of rotatable bonds is 2. The van der Waals surface area contributed by atoms with Crippen molar-refractivity contribution < 1.29 is 0 Å². The van der Waals surface area contributed by atoms with Crippen LogP contribution < -0.4 is 11.5 Å². The Hall–Kier alpha value is -1.88. The minimum Gasteiger partial charge on any atom is -0.370 e. The van der Waals surface area contributed by atoms with Gasteiger partial charge in [0.2, 0.25) is 5.13 Å². The fraction of sp³-hybridized carbons (Fsp3) is 0.0909. The maximum absolute atomic E-state index is 5.32. The largest absolute Gasteiger partial charge is 0.370 e. The van der Waals surface area contributed by atoms with Gasteiger partial charge in [0.05, 0.1) is 5.69 Å². The first-order valence-electron chi connectivity index (χ1n) is 4.79. The molecule has 1 aromatic heterocycles. The Morgan fingerprint density at radius 2 is 1.94 bits per heavy atom. The smallest absolute Gasteiger partial charge is 0.213 e. The first-order valence-corrected chi connectivity index (χ1v) is 5.61. The lowest BCUT2D eigenvalue weighted by atomic mass is 10.1. The number of hydrogen-bond donors (Lipinski definition) is 2. The molecule has 0 aliphatic carbocycles. The summed E-state index contributed by atoms with van der Waals surface area (Å²) < 4.78 is 0. The van der Waals surface area contributed by atoms with E-state index < -0.39 is 0 Å². The van der Waals surface area contributed by atoms with Crippen LogP contribution in [0, 0.1) is 6.92 Å². The Kier molecular flexibility index (Phi) is 2.87. The molecule has 4 N–H and O–H groups in total. The van der Waals surface area contributed by atoms with Gasteiger partial charge in [-0.15, -0.1) is 0 Å². The van der Waals surface area contributed by atoms with Crippen LogP contribution >= 0.6 is 11.3 Å². The Balaban J connectivity index is 2.44. The SMILES string of the molecule is Cc1sc(N=C(N)N)nc1-c1ccccc1. The molecule has 82 valence electrons. The molecular weight excluding hydrogens is 220 g/mol. The van der Waals surface area contributed by atoms with Gasteiger partial charge >= 0.3 is 0 Å². The highest BCUT2D eigenvalue weighted by molar-refractivity contribution is 7.15. The fourth-order valence-corrected chi connectivity index (χ4v) is 2.23. The molecule has 0 aliphatic rings. The number of hydrogen-bond acceptors (Lipinski definition) is 3. The first kappa shape index (κ1) is 10.6. The van der Waals surface area contributed by atoms with Gasteiger partial charge in [-0.1, -0.05) is 41.7 Å². The predicted molar refractivity (Wildman–Crippen MR) is 67.8 cm³/mol. The highest BCUT2D eigenvalue weighted by Gasteiger charge is 2.08. The normalized spacial score (nSPS) is 10.1. The van der Waals surface area contributed by atoms with Gasteiger partial charge in [0, 0.05) is 10.4 Å². The first-order chi connectivity index (χ1) is 7.66. The summed E-state index contributed by atoms with van der Waals surface area (Å²) in [6, 6.07) is 9.97. The maximum atomic E-state index is 5.32. The Morgan fingerprint density at radius 1 is 1.25 bits per heavy atom. The molecule has 2 aromatic rings. The topological polar surface area (TPSA) is 77.3 Å². The molecule has 2 rings (SSSR count). The van der Waals surface area contributed by atoms with Crippen LogP contribution in [0.5, 0.6) is 0 Å². The zero-order valence-corrected chi connectivity index (χ0v) is 9.66. The lowest BCUT2D eigenvalue weighted by Crippen LogP contribution is -2.21. The van der Waals surface area contributed by atoms with E-state index in [4.69, 9.17) is 11.5 Å². The van der Waals surface area contributed by atoms with Gasteiger partial charge in [0.1, 0.15) is 0 Å². The quantitative estimate of drug-likeness (QED) is 0.614. The number of aromatic nitrogens is 1. The number of aryl methyl sites for hydroxylation is 1. The van der Waals surface area contributed by atoms with Crippen molar-refractivity contribution in [3.63, 3.8) is 0 Å². The summed E-state index contributed by atoms with van der Waals surface area (Å²) in [5.74, 6) is 0.0355. The third-order valence-corrected chi connectivity index (χ3v) is 2.92. The molecule has 5 heteroatoms.